The van der Waals surface area contributed by atoms with E-state index >= 15 is 0 Å². The smallest absolute Gasteiger partial charge is 0.226 e. The van der Waals surface area contributed by atoms with Crippen LogP contribution in [0.4, 0.5) is 0 Å². The van der Waals surface area contributed by atoms with Crippen LogP contribution in [0.2, 0.25) is 0 Å². The SMILES string of the molecule is CS(=O)(=O)CS(=O)(=O)N[C@@H]1CCCC[C@H]1O. The molecule has 0 bridgehead atoms. The number of rotatable bonds is 4. The lowest BCUT2D eigenvalue weighted by Gasteiger charge is -2.27. The number of hydrogen-bond donors (Lipinski definition) is 2. The van der Waals surface area contributed by atoms with Crippen molar-refractivity contribution in [3.63, 3.8) is 0 Å². The predicted octanol–water partition coefficient (Wildman–Crippen LogP) is -0.789. The van der Waals surface area contributed by atoms with Gasteiger partial charge in [0.2, 0.25) is 10.0 Å². The van der Waals surface area contributed by atoms with Crippen molar-refractivity contribution in [2.45, 2.75) is 37.8 Å². The molecule has 0 saturated heterocycles. The topological polar surface area (TPSA) is 101 Å². The third-order valence-electron chi connectivity index (χ3n) is 2.43. The Hall–Kier alpha value is -0.180. The van der Waals surface area contributed by atoms with Crippen LogP contribution in [0.1, 0.15) is 25.7 Å². The average Bonchev–Trinajstić information content (AvgIpc) is 2.04. The van der Waals surface area contributed by atoms with E-state index in [-0.39, 0.29) is 0 Å². The molecule has 0 aromatic rings. The molecular weight excluding hydrogens is 254 g/mol. The van der Waals surface area contributed by atoms with E-state index in [1.165, 1.54) is 0 Å². The molecule has 0 aromatic carbocycles. The molecule has 1 rings (SSSR count). The van der Waals surface area contributed by atoms with E-state index in [9.17, 15) is 21.9 Å². The van der Waals surface area contributed by atoms with E-state index < -0.39 is 37.1 Å². The molecule has 0 spiro atoms. The summed E-state index contributed by atoms with van der Waals surface area (Å²) in [5.74, 6) is 0. The zero-order valence-corrected chi connectivity index (χ0v) is 10.7. The molecule has 0 aromatic heterocycles. The van der Waals surface area contributed by atoms with Gasteiger partial charge in [-0.15, -0.1) is 0 Å². The van der Waals surface area contributed by atoms with E-state index in [4.69, 9.17) is 0 Å². The highest BCUT2D eigenvalue weighted by Gasteiger charge is 2.28. The van der Waals surface area contributed by atoms with E-state index in [0.717, 1.165) is 19.1 Å². The Bertz CT molecular complexity index is 427. The maximum Gasteiger partial charge on any atom is 0.226 e. The molecule has 0 radical (unpaired) electrons. The van der Waals surface area contributed by atoms with E-state index in [2.05, 4.69) is 4.72 Å². The molecule has 0 unspecified atom stereocenters. The second kappa shape index (κ2) is 4.99. The fourth-order valence-corrected chi connectivity index (χ4v) is 5.06. The van der Waals surface area contributed by atoms with Gasteiger partial charge in [-0.25, -0.2) is 21.6 Å². The van der Waals surface area contributed by atoms with Gasteiger partial charge < -0.3 is 5.11 Å². The van der Waals surface area contributed by atoms with E-state index in [1.54, 1.807) is 0 Å². The molecule has 0 amide bonds. The third-order valence-corrected chi connectivity index (χ3v) is 6.05. The monoisotopic (exact) mass is 271 g/mol. The van der Waals surface area contributed by atoms with Gasteiger partial charge in [-0.1, -0.05) is 12.8 Å². The molecule has 1 saturated carbocycles. The maximum absolute atomic E-state index is 11.5. The molecule has 0 aliphatic heterocycles. The highest BCUT2D eigenvalue weighted by atomic mass is 32.3. The molecule has 1 aliphatic rings. The van der Waals surface area contributed by atoms with Crippen molar-refractivity contribution in [3.8, 4) is 0 Å². The van der Waals surface area contributed by atoms with E-state index in [1.807, 2.05) is 0 Å². The van der Waals surface area contributed by atoms with Crippen molar-refractivity contribution in [1.82, 2.24) is 4.72 Å². The number of sulfone groups is 1. The first-order chi connectivity index (χ1) is 7.20. The minimum atomic E-state index is -3.87. The summed E-state index contributed by atoms with van der Waals surface area (Å²) >= 11 is 0. The second-order valence-corrected chi connectivity index (χ2v) is 8.49. The number of sulfonamides is 1. The van der Waals surface area contributed by atoms with Crippen LogP contribution in [0.3, 0.4) is 0 Å². The lowest BCUT2D eigenvalue weighted by molar-refractivity contribution is 0.101. The van der Waals surface area contributed by atoms with Gasteiger partial charge >= 0.3 is 0 Å². The average molecular weight is 271 g/mol. The molecular formula is C8H17NO5S2. The van der Waals surface area contributed by atoms with Gasteiger partial charge in [0.25, 0.3) is 0 Å². The largest absolute Gasteiger partial charge is 0.391 e. The van der Waals surface area contributed by atoms with Crippen LogP contribution < -0.4 is 4.72 Å². The Morgan fingerprint density at radius 3 is 2.25 bits per heavy atom. The molecule has 0 heterocycles. The van der Waals surface area contributed by atoms with Crippen LogP contribution in [0.25, 0.3) is 0 Å². The Morgan fingerprint density at radius 1 is 1.19 bits per heavy atom. The summed E-state index contributed by atoms with van der Waals surface area (Å²) in [7, 11) is -7.45. The highest BCUT2D eigenvalue weighted by Crippen LogP contribution is 2.19. The Morgan fingerprint density at radius 2 is 1.75 bits per heavy atom. The maximum atomic E-state index is 11.5. The number of hydrogen-bond acceptors (Lipinski definition) is 5. The van der Waals surface area contributed by atoms with Gasteiger partial charge in [0.05, 0.1) is 6.10 Å². The van der Waals surface area contributed by atoms with Crippen LogP contribution in [0.15, 0.2) is 0 Å². The summed E-state index contributed by atoms with van der Waals surface area (Å²) < 4.78 is 46.9. The first-order valence-electron chi connectivity index (χ1n) is 5.05. The summed E-state index contributed by atoms with van der Waals surface area (Å²) in [6.45, 7) is 0. The molecule has 1 fully saturated rings. The third kappa shape index (κ3) is 4.77. The van der Waals surface area contributed by atoms with Gasteiger partial charge in [0, 0.05) is 12.3 Å². The zero-order chi connectivity index (χ0) is 12.4. The summed E-state index contributed by atoms with van der Waals surface area (Å²) in [6, 6.07) is -0.555. The normalized spacial score (nSPS) is 27.9. The molecule has 6 nitrogen and oxygen atoms in total. The van der Waals surface area contributed by atoms with Gasteiger partial charge in [0.15, 0.2) is 14.9 Å². The van der Waals surface area contributed by atoms with Crippen LogP contribution in [0, 0.1) is 0 Å². The van der Waals surface area contributed by atoms with Crippen LogP contribution in [-0.4, -0.2) is 45.4 Å². The Kier molecular flexibility index (Phi) is 4.33. The predicted molar refractivity (Wildman–Crippen MR) is 60.0 cm³/mol. The number of aliphatic hydroxyl groups is 1. The summed E-state index contributed by atoms with van der Waals surface area (Å²) in [5, 5.41) is 8.63. The molecule has 8 heteroatoms. The van der Waals surface area contributed by atoms with Crippen molar-refractivity contribution in [2.75, 3.05) is 11.3 Å². The number of aliphatic hydroxyl groups excluding tert-OH is 1. The first kappa shape index (κ1) is 13.9. The Balaban J connectivity index is 2.65. The van der Waals surface area contributed by atoms with Crippen molar-refractivity contribution < 1.29 is 21.9 Å². The minimum Gasteiger partial charge on any atom is -0.391 e. The summed E-state index contributed by atoms with van der Waals surface area (Å²) in [6.07, 6.45) is 2.94. The summed E-state index contributed by atoms with van der Waals surface area (Å²) in [4.78, 5) is 0. The number of nitrogens with one attached hydrogen (secondary N) is 1. The highest BCUT2D eigenvalue weighted by molar-refractivity contribution is 8.06. The van der Waals surface area contributed by atoms with E-state index in [0.29, 0.717) is 12.8 Å². The molecule has 2 atom stereocenters. The first-order valence-corrected chi connectivity index (χ1v) is 8.77. The molecule has 1 aliphatic carbocycles. The minimum absolute atomic E-state index is 0.546. The van der Waals surface area contributed by atoms with Gasteiger partial charge in [0.1, 0.15) is 0 Å². The standard InChI is InChI=1S/C8H17NO5S2/c1-15(11,12)6-16(13,14)9-7-4-2-3-5-8(7)10/h7-10H,2-6H2,1H3/t7-,8-/m1/s1. The van der Waals surface area contributed by atoms with Gasteiger partial charge in [-0.3, -0.25) is 0 Å². The fraction of sp³-hybridized carbons (Fsp3) is 1.00. The summed E-state index contributed by atoms with van der Waals surface area (Å²) in [5.41, 5.74) is 0. The van der Waals surface area contributed by atoms with Crippen LogP contribution in [-0.2, 0) is 19.9 Å². The van der Waals surface area contributed by atoms with Crippen LogP contribution in [0.5, 0.6) is 0 Å². The lowest BCUT2D eigenvalue weighted by Crippen LogP contribution is -2.46. The quantitative estimate of drug-likeness (QED) is 0.698. The second-order valence-electron chi connectivity index (χ2n) is 4.23. The van der Waals surface area contributed by atoms with Gasteiger partial charge in [-0.2, -0.15) is 0 Å². The van der Waals surface area contributed by atoms with Crippen molar-refractivity contribution in [2.24, 2.45) is 0 Å². The zero-order valence-electron chi connectivity index (χ0n) is 9.09. The van der Waals surface area contributed by atoms with Crippen LogP contribution >= 0.6 is 0 Å². The molecule has 16 heavy (non-hydrogen) atoms. The lowest BCUT2D eigenvalue weighted by atomic mass is 9.93. The van der Waals surface area contributed by atoms with Crippen molar-refractivity contribution >= 4 is 19.9 Å². The fourth-order valence-electron chi connectivity index (χ4n) is 1.80. The molecule has 96 valence electrons. The molecule has 2 N–H and O–H groups in total. The van der Waals surface area contributed by atoms with Crippen molar-refractivity contribution in [3.05, 3.63) is 0 Å². The van der Waals surface area contributed by atoms with Crippen molar-refractivity contribution in [1.29, 1.82) is 0 Å². The Labute approximate surface area is 96.0 Å². The van der Waals surface area contributed by atoms with Gasteiger partial charge in [-0.05, 0) is 12.8 Å².